The highest BCUT2D eigenvalue weighted by Gasteiger charge is 2.54. The summed E-state index contributed by atoms with van der Waals surface area (Å²) in [5, 5.41) is 10.7. The van der Waals surface area contributed by atoms with Crippen molar-refractivity contribution >= 4 is 29.3 Å². The molecule has 7 nitrogen and oxygen atoms in total. The first-order chi connectivity index (χ1) is 14.0. The largest absolute Gasteiger partial charge is 0.459 e. The summed E-state index contributed by atoms with van der Waals surface area (Å²) in [5.74, 6) is 0.353. The molecule has 2 heterocycles. The van der Waals surface area contributed by atoms with E-state index in [0.29, 0.717) is 12.0 Å². The van der Waals surface area contributed by atoms with Crippen molar-refractivity contribution in [2.24, 2.45) is 0 Å². The van der Waals surface area contributed by atoms with Crippen LogP contribution in [0.4, 0.5) is 5.69 Å². The average Bonchev–Trinajstić information content (AvgIpc) is 3.03. The van der Waals surface area contributed by atoms with Gasteiger partial charge in [0.1, 0.15) is 12.6 Å². The molecule has 2 aromatic rings. The summed E-state index contributed by atoms with van der Waals surface area (Å²) in [6.07, 6.45) is 1.29. The molecule has 150 valence electrons. The number of nitro benzene ring substituents is 1. The van der Waals surface area contributed by atoms with E-state index in [0.717, 1.165) is 12.2 Å². The molecular weight excluding hydrogens is 392 g/mol. The van der Waals surface area contributed by atoms with Crippen molar-refractivity contribution in [2.75, 3.05) is 0 Å². The van der Waals surface area contributed by atoms with Crippen molar-refractivity contribution in [3.8, 4) is 0 Å². The number of amides is 1. The fourth-order valence-corrected chi connectivity index (χ4v) is 5.19. The maximum Gasteiger partial charge on any atom is 0.330 e. The maximum atomic E-state index is 12.8. The van der Waals surface area contributed by atoms with E-state index in [4.69, 9.17) is 4.74 Å². The molecule has 0 radical (unpaired) electrons. The van der Waals surface area contributed by atoms with Crippen LogP contribution in [0.15, 0.2) is 54.6 Å². The van der Waals surface area contributed by atoms with Gasteiger partial charge in [-0.3, -0.25) is 14.9 Å². The van der Waals surface area contributed by atoms with Gasteiger partial charge in [-0.15, -0.1) is 0 Å². The molecule has 4 rings (SSSR count). The average molecular weight is 412 g/mol. The number of thioether (sulfide) groups is 1. The van der Waals surface area contributed by atoms with Crippen LogP contribution in [0.1, 0.15) is 24.0 Å². The molecule has 0 aromatic heterocycles. The second kappa shape index (κ2) is 8.24. The standard InChI is InChI=1S/C21H20N2O5S/c24-19-11-17-10-18(29-13-15-4-2-1-3-5-15)20(22(17)19)21(25)28-12-14-6-8-16(9-7-14)23(26)27/h1-9,17-18,20H,10-13H2. The molecule has 0 saturated carbocycles. The predicted molar refractivity (Wildman–Crippen MR) is 108 cm³/mol. The number of fused-ring (bicyclic) bond motifs is 1. The molecule has 2 fully saturated rings. The van der Waals surface area contributed by atoms with Crippen LogP contribution in [0.3, 0.4) is 0 Å². The smallest absolute Gasteiger partial charge is 0.330 e. The van der Waals surface area contributed by atoms with Gasteiger partial charge in [-0.25, -0.2) is 4.79 Å². The number of β-lactam (4-membered cyclic amide) rings is 1. The van der Waals surface area contributed by atoms with Crippen molar-refractivity contribution in [1.82, 2.24) is 4.90 Å². The summed E-state index contributed by atoms with van der Waals surface area (Å²) in [5.41, 5.74) is 1.83. The highest BCUT2D eigenvalue weighted by atomic mass is 32.2. The van der Waals surface area contributed by atoms with Crippen LogP contribution in [0.2, 0.25) is 0 Å². The van der Waals surface area contributed by atoms with Gasteiger partial charge in [-0.2, -0.15) is 11.8 Å². The molecule has 29 heavy (non-hydrogen) atoms. The van der Waals surface area contributed by atoms with E-state index in [1.807, 2.05) is 30.3 Å². The molecule has 3 unspecified atom stereocenters. The van der Waals surface area contributed by atoms with Gasteiger partial charge in [0.2, 0.25) is 5.91 Å². The van der Waals surface area contributed by atoms with E-state index >= 15 is 0 Å². The van der Waals surface area contributed by atoms with Crippen LogP contribution in [-0.4, -0.2) is 39.0 Å². The third-order valence-corrected chi connectivity index (χ3v) is 6.70. The van der Waals surface area contributed by atoms with Crippen LogP contribution in [0, 0.1) is 10.1 Å². The Morgan fingerprint density at radius 1 is 1.14 bits per heavy atom. The summed E-state index contributed by atoms with van der Waals surface area (Å²) in [6.45, 7) is 0.0239. The third-order valence-electron chi connectivity index (χ3n) is 5.32. The minimum atomic E-state index is -0.576. The van der Waals surface area contributed by atoms with Gasteiger partial charge >= 0.3 is 5.97 Å². The minimum Gasteiger partial charge on any atom is -0.459 e. The lowest BCUT2D eigenvalue weighted by Gasteiger charge is -2.37. The van der Waals surface area contributed by atoms with Crippen molar-refractivity contribution in [2.45, 2.75) is 42.5 Å². The quantitative estimate of drug-likeness (QED) is 0.300. The maximum absolute atomic E-state index is 12.8. The second-order valence-electron chi connectivity index (χ2n) is 7.21. The summed E-state index contributed by atoms with van der Waals surface area (Å²) < 4.78 is 5.48. The fraction of sp³-hybridized carbons (Fsp3) is 0.333. The Kier molecular flexibility index (Phi) is 5.53. The summed E-state index contributed by atoms with van der Waals surface area (Å²) in [4.78, 5) is 36.8. The van der Waals surface area contributed by atoms with Gasteiger partial charge in [0.25, 0.3) is 5.69 Å². The first kappa shape index (κ1) is 19.4. The first-order valence-electron chi connectivity index (χ1n) is 9.39. The van der Waals surface area contributed by atoms with Gasteiger partial charge in [0.15, 0.2) is 0 Å². The number of nitrogens with zero attached hydrogens (tertiary/aromatic N) is 2. The van der Waals surface area contributed by atoms with E-state index in [9.17, 15) is 19.7 Å². The van der Waals surface area contributed by atoms with Crippen LogP contribution in [0.5, 0.6) is 0 Å². The molecule has 8 heteroatoms. The van der Waals surface area contributed by atoms with Crippen molar-refractivity contribution < 1.29 is 19.2 Å². The van der Waals surface area contributed by atoms with E-state index in [-0.39, 0.29) is 29.5 Å². The van der Waals surface area contributed by atoms with E-state index in [1.165, 1.54) is 17.7 Å². The van der Waals surface area contributed by atoms with Crippen LogP contribution in [-0.2, 0) is 26.7 Å². The van der Waals surface area contributed by atoms with Gasteiger partial charge < -0.3 is 9.64 Å². The summed E-state index contributed by atoms with van der Waals surface area (Å²) in [7, 11) is 0. The van der Waals surface area contributed by atoms with Crippen LogP contribution >= 0.6 is 11.8 Å². The normalized spacial score (nSPS) is 22.7. The molecule has 2 aromatic carbocycles. The first-order valence-corrected chi connectivity index (χ1v) is 10.4. The number of hydrogen-bond acceptors (Lipinski definition) is 6. The molecule has 2 saturated heterocycles. The van der Waals surface area contributed by atoms with Crippen LogP contribution < -0.4 is 0 Å². The van der Waals surface area contributed by atoms with E-state index in [2.05, 4.69) is 0 Å². The van der Waals surface area contributed by atoms with Crippen molar-refractivity contribution in [1.29, 1.82) is 0 Å². The predicted octanol–water partition coefficient (Wildman–Crippen LogP) is 3.31. The van der Waals surface area contributed by atoms with Crippen molar-refractivity contribution in [3.05, 3.63) is 75.8 Å². The Bertz CT molecular complexity index is 918. The number of ether oxygens (including phenoxy) is 1. The van der Waals surface area contributed by atoms with Gasteiger partial charge in [0, 0.05) is 35.6 Å². The Hall–Kier alpha value is -2.87. The van der Waals surface area contributed by atoms with Gasteiger partial charge in [-0.05, 0) is 29.7 Å². The topological polar surface area (TPSA) is 89.7 Å². The SMILES string of the molecule is O=C(OCc1ccc([N+](=O)[O-])cc1)C1C(SCc2ccccc2)CC2CC(=O)N21. The molecule has 0 bridgehead atoms. The molecule has 3 atom stereocenters. The number of esters is 1. The zero-order valence-corrected chi connectivity index (χ0v) is 16.4. The summed E-state index contributed by atoms with van der Waals surface area (Å²) in [6, 6.07) is 15.5. The number of carbonyl (C=O) groups is 2. The number of benzene rings is 2. The summed E-state index contributed by atoms with van der Waals surface area (Å²) >= 11 is 1.68. The Balaban J connectivity index is 1.39. The highest BCUT2D eigenvalue weighted by molar-refractivity contribution is 7.99. The number of nitro groups is 1. The lowest BCUT2D eigenvalue weighted by molar-refractivity contribution is -0.384. The van der Waals surface area contributed by atoms with Crippen molar-refractivity contribution in [3.63, 3.8) is 0 Å². The highest BCUT2D eigenvalue weighted by Crippen LogP contribution is 2.42. The molecule has 2 aliphatic heterocycles. The zero-order chi connectivity index (χ0) is 20.4. The number of carbonyl (C=O) groups excluding carboxylic acids is 2. The molecule has 0 N–H and O–H groups in total. The number of non-ortho nitro benzene ring substituents is 1. The fourth-order valence-electron chi connectivity index (χ4n) is 3.81. The van der Waals surface area contributed by atoms with E-state index < -0.39 is 16.9 Å². The third kappa shape index (κ3) is 4.12. The lowest BCUT2D eigenvalue weighted by Crippen LogP contribution is -2.55. The zero-order valence-electron chi connectivity index (χ0n) is 15.6. The second-order valence-corrected chi connectivity index (χ2v) is 8.43. The molecule has 0 spiro atoms. The van der Waals surface area contributed by atoms with Gasteiger partial charge in [-0.1, -0.05) is 30.3 Å². The molecule has 1 amide bonds. The van der Waals surface area contributed by atoms with E-state index in [1.54, 1.807) is 28.8 Å². The van der Waals surface area contributed by atoms with Gasteiger partial charge in [0.05, 0.1) is 4.92 Å². The Labute approximate surface area is 172 Å². The molecule has 2 aliphatic rings. The Morgan fingerprint density at radius 2 is 1.86 bits per heavy atom. The number of rotatable bonds is 7. The lowest BCUT2D eigenvalue weighted by atomic mass is 10.0. The molecular formula is C21H20N2O5S. The number of hydrogen-bond donors (Lipinski definition) is 0. The Morgan fingerprint density at radius 3 is 2.52 bits per heavy atom. The minimum absolute atomic E-state index is 0.00369. The van der Waals surface area contributed by atoms with Crippen LogP contribution in [0.25, 0.3) is 0 Å². The monoisotopic (exact) mass is 412 g/mol. The molecule has 0 aliphatic carbocycles.